The van der Waals surface area contributed by atoms with E-state index in [-0.39, 0.29) is 61.7 Å². The van der Waals surface area contributed by atoms with E-state index in [0.717, 1.165) is 16.7 Å². The number of rotatable bonds is 5. The van der Waals surface area contributed by atoms with Crippen LogP contribution in [-0.4, -0.2) is 38.1 Å². The Morgan fingerprint density at radius 2 is 1.86 bits per heavy atom. The second kappa shape index (κ2) is 9.03. The summed E-state index contributed by atoms with van der Waals surface area (Å²) in [5.41, 5.74) is -0.925. The summed E-state index contributed by atoms with van der Waals surface area (Å²) in [4.78, 5) is 8.38. The molecule has 4 aromatic rings. The molecule has 1 aliphatic heterocycles. The number of fused-ring (bicyclic) bond motifs is 1. The fourth-order valence-corrected chi connectivity index (χ4v) is 4.40. The Morgan fingerprint density at radius 3 is 2.54 bits per heavy atom. The molecule has 1 fully saturated rings. The molecular formula is C22H13Cl3F5N5O2. The summed E-state index contributed by atoms with van der Waals surface area (Å²) in [5.74, 6) is -2.97. The van der Waals surface area contributed by atoms with Crippen LogP contribution in [0.1, 0.15) is 12.0 Å². The predicted octanol–water partition coefficient (Wildman–Crippen LogP) is 6.92. The van der Waals surface area contributed by atoms with Gasteiger partial charge in [-0.05, 0) is 12.1 Å². The lowest BCUT2D eigenvalue weighted by atomic mass is 10.2. The number of nitrogens with zero attached hydrogens (tertiary/aromatic N) is 4. The van der Waals surface area contributed by atoms with Crippen LogP contribution in [0.15, 0.2) is 47.4 Å². The quantitative estimate of drug-likeness (QED) is 0.258. The van der Waals surface area contributed by atoms with Crippen LogP contribution >= 0.6 is 34.8 Å². The predicted molar refractivity (Wildman–Crippen MR) is 125 cm³/mol. The molecule has 5 rings (SSSR count). The SMILES string of the molecule is C=C1NC(COc2cc(Cl)c(-c3nc(-c4cn5cc(C(F)(F)F)cc(Cl)c5n4)no3)cc2Cl)CC1(F)F. The molecule has 15 heteroatoms. The van der Waals surface area contributed by atoms with Gasteiger partial charge in [-0.2, -0.15) is 26.9 Å². The molecular weight excluding hydrogens is 568 g/mol. The third-order valence-corrected chi connectivity index (χ3v) is 6.39. The molecule has 1 saturated heterocycles. The lowest BCUT2D eigenvalue weighted by Gasteiger charge is -2.14. The van der Waals surface area contributed by atoms with Crippen LogP contribution in [0, 0.1) is 0 Å². The summed E-state index contributed by atoms with van der Waals surface area (Å²) < 4.78 is 78.4. The van der Waals surface area contributed by atoms with Crippen molar-refractivity contribution >= 4 is 40.4 Å². The smallest absolute Gasteiger partial charge is 0.417 e. The van der Waals surface area contributed by atoms with Crippen LogP contribution in [0.3, 0.4) is 0 Å². The van der Waals surface area contributed by atoms with Gasteiger partial charge in [-0.25, -0.2) is 4.98 Å². The number of benzene rings is 1. The minimum atomic E-state index is -4.60. The number of allylic oxidation sites excluding steroid dienone is 1. The number of hydrogen-bond acceptors (Lipinski definition) is 6. The Balaban J connectivity index is 1.37. The Bertz CT molecular complexity index is 1540. The second-order valence-electron chi connectivity index (χ2n) is 8.16. The first-order chi connectivity index (χ1) is 17.3. The van der Waals surface area contributed by atoms with E-state index >= 15 is 0 Å². The highest BCUT2D eigenvalue weighted by Gasteiger charge is 2.43. The molecule has 0 amide bonds. The van der Waals surface area contributed by atoms with Crippen LogP contribution in [0.4, 0.5) is 22.0 Å². The highest BCUT2D eigenvalue weighted by Crippen LogP contribution is 2.38. The molecule has 1 N–H and O–H groups in total. The Kier molecular flexibility index (Phi) is 6.24. The molecule has 37 heavy (non-hydrogen) atoms. The molecule has 0 spiro atoms. The lowest BCUT2D eigenvalue weighted by Crippen LogP contribution is -2.27. The molecule has 1 aliphatic rings. The summed E-state index contributed by atoms with van der Waals surface area (Å²) in [6, 6.07) is 2.86. The van der Waals surface area contributed by atoms with Crippen LogP contribution in [0.25, 0.3) is 28.6 Å². The van der Waals surface area contributed by atoms with Crippen LogP contribution in [0.2, 0.25) is 15.1 Å². The van der Waals surface area contributed by atoms with Gasteiger partial charge in [-0.1, -0.05) is 46.5 Å². The molecule has 3 aromatic heterocycles. The van der Waals surface area contributed by atoms with Crippen LogP contribution in [-0.2, 0) is 6.18 Å². The van der Waals surface area contributed by atoms with Gasteiger partial charge in [-0.3, -0.25) is 0 Å². The van der Waals surface area contributed by atoms with Gasteiger partial charge in [0.15, 0.2) is 5.65 Å². The van der Waals surface area contributed by atoms with Crippen molar-refractivity contribution < 1.29 is 31.2 Å². The maximum Gasteiger partial charge on any atom is 0.417 e. The van der Waals surface area contributed by atoms with Gasteiger partial charge >= 0.3 is 6.18 Å². The van der Waals surface area contributed by atoms with Gasteiger partial charge in [-0.15, -0.1) is 0 Å². The second-order valence-corrected chi connectivity index (χ2v) is 9.38. The molecule has 0 saturated carbocycles. The number of halogens is 8. The third kappa shape index (κ3) is 4.92. The largest absolute Gasteiger partial charge is 0.490 e. The van der Waals surface area contributed by atoms with Gasteiger partial charge in [0.2, 0.25) is 5.82 Å². The van der Waals surface area contributed by atoms with E-state index in [1.807, 2.05) is 0 Å². The van der Waals surface area contributed by atoms with Crippen molar-refractivity contribution in [1.29, 1.82) is 0 Å². The van der Waals surface area contributed by atoms with E-state index in [1.165, 1.54) is 18.3 Å². The van der Waals surface area contributed by atoms with Gasteiger partial charge in [0.05, 0.1) is 37.9 Å². The minimum Gasteiger partial charge on any atom is -0.490 e. The molecule has 194 valence electrons. The Hall–Kier alpha value is -3.09. The zero-order valence-corrected chi connectivity index (χ0v) is 20.5. The zero-order valence-electron chi connectivity index (χ0n) is 18.2. The van der Waals surface area contributed by atoms with Crippen LogP contribution in [0.5, 0.6) is 5.75 Å². The van der Waals surface area contributed by atoms with Crippen molar-refractivity contribution in [2.75, 3.05) is 6.61 Å². The first-order valence-corrected chi connectivity index (χ1v) is 11.5. The summed E-state index contributed by atoms with van der Waals surface area (Å²) >= 11 is 18.6. The van der Waals surface area contributed by atoms with Crippen molar-refractivity contribution in [3.8, 4) is 28.7 Å². The minimum absolute atomic E-state index is 0.0377. The molecule has 1 unspecified atom stereocenters. The zero-order chi connectivity index (χ0) is 26.7. The fraction of sp³-hybridized carbons (Fsp3) is 0.227. The number of pyridine rings is 1. The van der Waals surface area contributed by atoms with Crippen molar-refractivity contribution in [3.05, 3.63) is 63.5 Å². The topological polar surface area (TPSA) is 77.5 Å². The molecule has 7 nitrogen and oxygen atoms in total. The number of aromatic nitrogens is 4. The lowest BCUT2D eigenvalue weighted by molar-refractivity contribution is -0.137. The Labute approximate surface area is 219 Å². The Morgan fingerprint density at radius 1 is 1.11 bits per heavy atom. The van der Waals surface area contributed by atoms with Crippen molar-refractivity contribution in [3.63, 3.8) is 0 Å². The van der Waals surface area contributed by atoms with E-state index in [2.05, 4.69) is 27.0 Å². The average Bonchev–Trinajstić information content (AvgIpc) is 3.51. The summed E-state index contributed by atoms with van der Waals surface area (Å²) in [5, 5.41) is 6.39. The summed E-state index contributed by atoms with van der Waals surface area (Å²) in [6.07, 6.45) is -2.95. The van der Waals surface area contributed by atoms with Gasteiger partial charge in [0.1, 0.15) is 18.1 Å². The summed E-state index contributed by atoms with van der Waals surface area (Å²) in [7, 11) is 0. The standard InChI is InChI=1S/C22H13Cl3F5N5O2/c1-9-21(26,27)5-11(31-9)8-36-17-4-13(23)12(3-14(17)24)20-33-18(34-37-20)16-7-35-6-10(22(28,29)30)2-15(25)19(35)32-16/h2-4,6-7,11,31H,1,5,8H2. The molecule has 4 heterocycles. The molecule has 1 atom stereocenters. The van der Waals surface area contributed by atoms with Crippen molar-refractivity contribution in [2.24, 2.45) is 0 Å². The van der Waals surface area contributed by atoms with Gasteiger partial charge in [0.25, 0.3) is 11.8 Å². The van der Waals surface area contributed by atoms with E-state index in [4.69, 9.17) is 44.1 Å². The molecule has 0 radical (unpaired) electrons. The van der Waals surface area contributed by atoms with Crippen LogP contribution < -0.4 is 10.1 Å². The van der Waals surface area contributed by atoms with E-state index < -0.39 is 30.1 Å². The molecule has 0 aliphatic carbocycles. The molecule has 0 bridgehead atoms. The first-order valence-electron chi connectivity index (χ1n) is 10.4. The maximum atomic E-state index is 13.6. The third-order valence-electron chi connectivity index (χ3n) is 5.50. The highest BCUT2D eigenvalue weighted by molar-refractivity contribution is 6.36. The monoisotopic (exact) mass is 579 g/mol. The average molecular weight is 581 g/mol. The van der Waals surface area contributed by atoms with Gasteiger partial charge < -0.3 is 19.0 Å². The normalized spacial score (nSPS) is 17.4. The van der Waals surface area contributed by atoms with E-state index in [9.17, 15) is 22.0 Å². The van der Waals surface area contributed by atoms with Crippen molar-refractivity contribution in [2.45, 2.75) is 24.6 Å². The number of ether oxygens (including phenoxy) is 1. The number of imidazole rings is 1. The maximum absolute atomic E-state index is 13.6. The highest BCUT2D eigenvalue weighted by atomic mass is 35.5. The number of nitrogens with one attached hydrogen (secondary N) is 1. The van der Waals surface area contributed by atoms with E-state index in [1.54, 1.807) is 0 Å². The fourth-order valence-electron chi connectivity index (χ4n) is 3.69. The van der Waals surface area contributed by atoms with Crippen molar-refractivity contribution in [1.82, 2.24) is 24.8 Å². The first kappa shape index (κ1) is 25.6. The number of alkyl halides is 5. The van der Waals surface area contributed by atoms with E-state index in [0.29, 0.717) is 0 Å². The summed E-state index contributed by atoms with van der Waals surface area (Å²) in [6.45, 7) is 3.19. The molecule has 1 aromatic carbocycles. The number of hydrogen-bond donors (Lipinski definition) is 1. The van der Waals surface area contributed by atoms with Gasteiger partial charge in [0, 0.05) is 24.9 Å².